The maximum atomic E-state index is 12.0. The van der Waals surface area contributed by atoms with Gasteiger partial charge in [0.2, 0.25) is 0 Å². The molecule has 0 aliphatic carbocycles. The maximum Gasteiger partial charge on any atom is 0.323 e. The van der Waals surface area contributed by atoms with E-state index >= 15 is 0 Å². The van der Waals surface area contributed by atoms with Crippen LogP contribution in [0.1, 0.15) is 38.3 Å². The molecule has 0 N–H and O–H groups in total. The number of nitrogens with zero attached hydrogens (tertiary/aromatic N) is 1. The summed E-state index contributed by atoms with van der Waals surface area (Å²) in [6.45, 7) is 5.33. The summed E-state index contributed by atoms with van der Waals surface area (Å²) in [5.41, 5.74) is 1.26. The summed E-state index contributed by atoms with van der Waals surface area (Å²) in [4.78, 5) is 14.3. The predicted molar refractivity (Wildman–Crippen MR) is 75.8 cm³/mol. The molecule has 1 aromatic rings. The molecule has 1 aromatic carbocycles. The number of hydrogen-bond donors (Lipinski definition) is 0. The molecule has 19 heavy (non-hydrogen) atoms. The minimum absolute atomic E-state index is 0.102. The van der Waals surface area contributed by atoms with Crippen molar-refractivity contribution < 1.29 is 9.53 Å². The van der Waals surface area contributed by atoms with Crippen molar-refractivity contribution in [1.29, 1.82) is 0 Å². The largest absolute Gasteiger partial charge is 0.468 e. The summed E-state index contributed by atoms with van der Waals surface area (Å²) in [5, 5.41) is 0. The van der Waals surface area contributed by atoms with Crippen LogP contribution in [0, 0.1) is 5.92 Å². The molecule has 3 nitrogen and oxygen atoms in total. The molecular weight excluding hydrogens is 238 g/mol. The first kappa shape index (κ1) is 14.1. The fourth-order valence-corrected chi connectivity index (χ4v) is 2.91. The maximum absolute atomic E-state index is 12.0. The lowest BCUT2D eigenvalue weighted by atomic mass is 9.90. The van der Waals surface area contributed by atoms with Gasteiger partial charge < -0.3 is 4.74 Å². The van der Waals surface area contributed by atoms with Gasteiger partial charge in [-0.3, -0.25) is 9.69 Å². The zero-order valence-electron chi connectivity index (χ0n) is 12.0. The molecule has 1 fully saturated rings. The predicted octanol–water partition coefficient (Wildman–Crippen LogP) is 3.02. The second-order valence-corrected chi connectivity index (χ2v) is 5.49. The highest BCUT2D eigenvalue weighted by molar-refractivity contribution is 5.75. The topological polar surface area (TPSA) is 29.5 Å². The van der Waals surface area contributed by atoms with Gasteiger partial charge in [0.15, 0.2) is 0 Å². The third-order valence-corrected chi connectivity index (χ3v) is 4.16. The number of benzene rings is 1. The van der Waals surface area contributed by atoms with E-state index in [1.165, 1.54) is 12.7 Å². The van der Waals surface area contributed by atoms with Crippen LogP contribution in [-0.2, 0) is 9.53 Å². The van der Waals surface area contributed by atoms with Gasteiger partial charge in [-0.05, 0) is 37.8 Å². The summed E-state index contributed by atoms with van der Waals surface area (Å²) in [7, 11) is 1.48. The van der Waals surface area contributed by atoms with E-state index in [1.54, 1.807) is 0 Å². The molecule has 0 bridgehead atoms. The van der Waals surface area contributed by atoms with Crippen molar-refractivity contribution in [1.82, 2.24) is 4.90 Å². The zero-order chi connectivity index (χ0) is 13.8. The second-order valence-electron chi connectivity index (χ2n) is 5.49. The molecule has 3 heteroatoms. The lowest BCUT2D eigenvalue weighted by Gasteiger charge is -2.40. The summed E-state index contributed by atoms with van der Waals surface area (Å²) < 4.78 is 4.97. The van der Waals surface area contributed by atoms with Crippen LogP contribution in [0.5, 0.6) is 0 Å². The minimum Gasteiger partial charge on any atom is -0.468 e. The lowest BCUT2D eigenvalue weighted by molar-refractivity contribution is -0.150. The summed E-state index contributed by atoms with van der Waals surface area (Å²) in [5.74, 6) is 0.484. The fourth-order valence-electron chi connectivity index (χ4n) is 2.91. The van der Waals surface area contributed by atoms with Crippen molar-refractivity contribution in [3.8, 4) is 0 Å². The number of carbonyl (C=O) groups excluding carboxylic acids is 1. The van der Waals surface area contributed by atoms with Crippen LogP contribution in [-0.4, -0.2) is 30.6 Å². The van der Waals surface area contributed by atoms with Crippen LogP contribution >= 0.6 is 0 Å². The molecule has 104 valence electrons. The normalized spacial score (nSPS) is 25.8. The first-order valence-electron chi connectivity index (χ1n) is 7.02. The first-order chi connectivity index (χ1) is 9.13. The first-order valence-corrected chi connectivity index (χ1v) is 7.02. The van der Waals surface area contributed by atoms with Crippen molar-refractivity contribution in [3.63, 3.8) is 0 Å². The molecule has 0 radical (unpaired) electrons. The number of methoxy groups -OCH3 is 1. The summed E-state index contributed by atoms with van der Waals surface area (Å²) in [6.07, 6.45) is 2.04. The third-order valence-electron chi connectivity index (χ3n) is 4.16. The van der Waals surface area contributed by atoms with Crippen LogP contribution in [0.4, 0.5) is 0 Å². The number of piperidine rings is 1. The number of hydrogen-bond acceptors (Lipinski definition) is 3. The molecule has 0 amide bonds. The van der Waals surface area contributed by atoms with E-state index in [0.717, 1.165) is 19.4 Å². The Bertz CT molecular complexity index is 418. The van der Waals surface area contributed by atoms with Crippen molar-refractivity contribution >= 4 is 5.97 Å². The Morgan fingerprint density at radius 2 is 2.05 bits per heavy atom. The van der Waals surface area contributed by atoms with E-state index in [2.05, 4.69) is 30.9 Å². The molecule has 3 atom stereocenters. The van der Waals surface area contributed by atoms with Gasteiger partial charge in [0, 0.05) is 6.04 Å². The van der Waals surface area contributed by atoms with E-state index in [4.69, 9.17) is 4.74 Å². The fraction of sp³-hybridized carbons (Fsp3) is 0.562. The molecule has 1 heterocycles. The summed E-state index contributed by atoms with van der Waals surface area (Å²) >= 11 is 0. The van der Waals surface area contributed by atoms with Crippen LogP contribution in [0.15, 0.2) is 30.3 Å². The second kappa shape index (κ2) is 6.20. The Morgan fingerprint density at radius 3 is 2.68 bits per heavy atom. The number of carbonyl (C=O) groups is 1. The Hall–Kier alpha value is -1.35. The van der Waals surface area contributed by atoms with E-state index in [1.807, 2.05) is 18.2 Å². The van der Waals surface area contributed by atoms with Crippen LogP contribution in [0.2, 0.25) is 0 Å². The highest BCUT2D eigenvalue weighted by Gasteiger charge is 2.35. The molecule has 1 aliphatic rings. The smallest absolute Gasteiger partial charge is 0.323 e. The standard InChI is InChI=1S/C16H23NO2/c1-12-9-10-17(15(11-12)16(18)19-3)13(2)14-7-5-4-6-8-14/h4-8,12-13,15H,9-11H2,1-3H3/t12?,13-,15+/m1/s1. The van der Waals surface area contributed by atoms with Gasteiger partial charge in [-0.25, -0.2) is 0 Å². The summed E-state index contributed by atoms with van der Waals surface area (Å²) in [6, 6.07) is 10.5. The molecule has 0 saturated carbocycles. The van der Waals surface area contributed by atoms with Crippen molar-refractivity contribution in [2.45, 2.75) is 38.8 Å². The SMILES string of the molecule is COC(=O)[C@@H]1CC(C)CCN1[C@H](C)c1ccccc1. The van der Waals surface area contributed by atoms with Crippen LogP contribution in [0.3, 0.4) is 0 Å². The Morgan fingerprint density at radius 1 is 1.37 bits per heavy atom. The van der Waals surface area contributed by atoms with Gasteiger partial charge in [-0.15, -0.1) is 0 Å². The average Bonchev–Trinajstić information content (AvgIpc) is 2.46. The number of ether oxygens (including phenoxy) is 1. The van der Waals surface area contributed by atoms with Gasteiger partial charge in [0.05, 0.1) is 7.11 Å². The van der Waals surface area contributed by atoms with Gasteiger partial charge in [-0.1, -0.05) is 37.3 Å². The van der Waals surface area contributed by atoms with Crippen LogP contribution < -0.4 is 0 Å². The molecule has 2 rings (SSSR count). The van der Waals surface area contributed by atoms with Crippen molar-refractivity contribution in [2.75, 3.05) is 13.7 Å². The van der Waals surface area contributed by atoms with Gasteiger partial charge >= 0.3 is 5.97 Å². The van der Waals surface area contributed by atoms with Crippen LogP contribution in [0.25, 0.3) is 0 Å². The minimum atomic E-state index is -0.107. The lowest BCUT2D eigenvalue weighted by Crippen LogP contribution is -2.48. The average molecular weight is 261 g/mol. The Balaban J connectivity index is 2.18. The molecule has 1 saturated heterocycles. The molecule has 1 unspecified atom stereocenters. The van der Waals surface area contributed by atoms with E-state index < -0.39 is 0 Å². The van der Waals surface area contributed by atoms with Crippen molar-refractivity contribution in [2.24, 2.45) is 5.92 Å². The number of esters is 1. The Labute approximate surface area is 115 Å². The number of likely N-dealkylation sites (tertiary alicyclic amines) is 1. The van der Waals surface area contributed by atoms with Crippen molar-refractivity contribution in [3.05, 3.63) is 35.9 Å². The highest BCUT2D eigenvalue weighted by Crippen LogP contribution is 2.31. The highest BCUT2D eigenvalue weighted by atomic mass is 16.5. The van der Waals surface area contributed by atoms with E-state index in [-0.39, 0.29) is 18.1 Å². The quantitative estimate of drug-likeness (QED) is 0.783. The van der Waals surface area contributed by atoms with Gasteiger partial charge in [0.1, 0.15) is 6.04 Å². The zero-order valence-corrected chi connectivity index (χ0v) is 12.0. The van der Waals surface area contributed by atoms with E-state index in [0.29, 0.717) is 5.92 Å². The molecule has 1 aliphatic heterocycles. The number of rotatable bonds is 3. The monoisotopic (exact) mass is 261 g/mol. The van der Waals surface area contributed by atoms with E-state index in [9.17, 15) is 4.79 Å². The molecular formula is C16H23NO2. The third kappa shape index (κ3) is 3.16. The van der Waals surface area contributed by atoms with Gasteiger partial charge in [0.25, 0.3) is 0 Å². The Kier molecular flexibility index (Phi) is 4.59. The molecule has 0 spiro atoms. The molecule has 0 aromatic heterocycles. The van der Waals surface area contributed by atoms with Gasteiger partial charge in [-0.2, -0.15) is 0 Å².